The first-order valence-corrected chi connectivity index (χ1v) is 14.6. The van der Waals surface area contributed by atoms with E-state index in [2.05, 4.69) is 17.0 Å². The molecule has 2 heterocycles. The summed E-state index contributed by atoms with van der Waals surface area (Å²) >= 11 is 1.08. The molecule has 0 aliphatic carbocycles. The number of nitrogens with zero attached hydrogens (tertiary/aromatic N) is 2. The Balaban J connectivity index is 2.01. The summed E-state index contributed by atoms with van der Waals surface area (Å²) in [5, 5.41) is 2.66. The number of nitrogens with one attached hydrogen (secondary N) is 1. The molecule has 10 nitrogen and oxygen atoms in total. The first-order chi connectivity index (χ1) is 15.2. The van der Waals surface area contributed by atoms with E-state index in [0.29, 0.717) is 13.0 Å². The first-order valence-electron chi connectivity index (χ1n) is 10.7. The van der Waals surface area contributed by atoms with Crippen LogP contribution < -0.4 is 16.5 Å². The Hall–Kier alpha value is -1.04. The number of ether oxygens (including phenoxy) is 1. The van der Waals surface area contributed by atoms with Crippen LogP contribution in [-0.4, -0.2) is 46.4 Å². The maximum atomic E-state index is 13.4. The quantitative estimate of drug-likeness (QED) is 0.150. The third kappa shape index (κ3) is 9.44. The number of hydrogen-bond acceptors (Lipinski definition) is 10. The Morgan fingerprint density at radius 2 is 2.25 bits per heavy atom. The van der Waals surface area contributed by atoms with Crippen LogP contribution in [0.5, 0.6) is 0 Å². The van der Waals surface area contributed by atoms with Gasteiger partial charge in [-0.2, -0.15) is 4.98 Å². The third-order valence-electron chi connectivity index (χ3n) is 4.55. The summed E-state index contributed by atoms with van der Waals surface area (Å²) in [7, 11) is -2.12. The minimum absolute atomic E-state index is 0.0993. The fourth-order valence-corrected chi connectivity index (χ4v) is 6.84. The number of nitrogens with two attached hydrogens (primary N) is 1. The summed E-state index contributed by atoms with van der Waals surface area (Å²) in [5.41, 5.74) is 5.06. The van der Waals surface area contributed by atoms with Gasteiger partial charge in [0, 0.05) is 12.7 Å². The molecule has 1 fully saturated rings. The molecule has 32 heavy (non-hydrogen) atoms. The highest BCUT2D eigenvalue weighted by atomic mass is 33.1. The van der Waals surface area contributed by atoms with Gasteiger partial charge in [0.05, 0.1) is 29.5 Å². The molecule has 3 atom stereocenters. The Morgan fingerprint density at radius 1 is 1.47 bits per heavy atom. The molecule has 182 valence electrons. The zero-order valence-corrected chi connectivity index (χ0v) is 21.3. The van der Waals surface area contributed by atoms with Gasteiger partial charge >= 0.3 is 11.7 Å². The Labute approximate surface area is 196 Å². The number of carbonyl (C=O) groups excluding carboxylic acids is 1. The van der Waals surface area contributed by atoms with E-state index in [-0.39, 0.29) is 36.5 Å². The van der Waals surface area contributed by atoms with Crippen LogP contribution in [0.3, 0.4) is 0 Å². The minimum atomic E-state index is -3.49. The van der Waals surface area contributed by atoms with Gasteiger partial charge < -0.3 is 15.0 Å². The minimum Gasteiger partial charge on any atom is -0.465 e. The molecule has 13 heteroatoms. The predicted molar refractivity (Wildman–Crippen MR) is 128 cm³/mol. The summed E-state index contributed by atoms with van der Waals surface area (Å²) in [5.74, 6) is -0.105. The summed E-state index contributed by atoms with van der Waals surface area (Å²) in [6, 6.07) is 0.777. The lowest BCUT2D eigenvalue weighted by atomic mass is 10.1. The van der Waals surface area contributed by atoms with Crippen molar-refractivity contribution >= 4 is 41.2 Å². The standard InChI is InChI=1S/C19H33N4O6PS2/c1-4-5-6-9-27-18(24)16(10-14(2)3)22-30(26)13-29-32-31-15(12-28-30)11-23-8-7-17(20)21-19(23)25/h7-8,14-16H,4-6,9-13H2,1-3H3,(H,22,26)(H2,20,21,25). The molecule has 0 aromatic carbocycles. The van der Waals surface area contributed by atoms with Crippen molar-refractivity contribution in [2.24, 2.45) is 5.92 Å². The molecule has 0 spiro atoms. The largest absolute Gasteiger partial charge is 0.465 e. The van der Waals surface area contributed by atoms with Crippen molar-refractivity contribution in [1.29, 1.82) is 0 Å². The van der Waals surface area contributed by atoms with Gasteiger partial charge in [0.2, 0.25) is 0 Å². The number of esters is 1. The number of hydrogen-bond donors (Lipinski definition) is 2. The van der Waals surface area contributed by atoms with Gasteiger partial charge in [-0.1, -0.05) is 44.4 Å². The van der Waals surface area contributed by atoms with Crippen LogP contribution in [0.1, 0.15) is 46.5 Å². The summed E-state index contributed by atoms with van der Waals surface area (Å²) in [4.78, 5) is 28.3. The van der Waals surface area contributed by atoms with Gasteiger partial charge in [-0.25, -0.2) is 9.88 Å². The SMILES string of the molecule is CCCCCOC(=O)C(CC(C)C)NP1(=O)COSSC(Cn2ccc(N)nc2=O)CO1. The van der Waals surface area contributed by atoms with Gasteiger partial charge in [-0.15, -0.1) is 0 Å². The lowest BCUT2D eigenvalue weighted by Gasteiger charge is -2.28. The maximum Gasteiger partial charge on any atom is 0.349 e. The van der Waals surface area contributed by atoms with Crippen LogP contribution in [0.4, 0.5) is 5.82 Å². The molecule has 0 saturated carbocycles. The van der Waals surface area contributed by atoms with E-state index in [1.807, 2.05) is 13.8 Å². The van der Waals surface area contributed by atoms with Crippen LogP contribution in [0.15, 0.2) is 17.1 Å². The van der Waals surface area contributed by atoms with Gasteiger partial charge in [0.15, 0.2) is 6.35 Å². The molecule has 1 aromatic rings. The molecule has 0 bridgehead atoms. The van der Waals surface area contributed by atoms with Crippen LogP contribution >= 0.6 is 29.4 Å². The smallest absolute Gasteiger partial charge is 0.349 e. The molecular formula is C19H33N4O6PS2. The summed E-state index contributed by atoms with van der Waals surface area (Å²) in [6.45, 7) is 6.75. The number of carbonyl (C=O) groups is 1. The van der Waals surface area contributed by atoms with E-state index >= 15 is 0 Å². The van der Waals surface area contributed by atoms with E-state index in [1.165, 1.54) is 21.4 Å². The van der Waals surface area contributed by atoms with Crippen LogP contribution in [0.25, 0.3) is 0 Å². The van der Waals surface area contributed by atoms with E-state index in [9.17, 15) is 14.2 Å². The van der Waals surface area contributed by atoms with Crippen LogP contribution in [0, 0.1) is 5.92 Å². The van der Waals surface area contributed by atoms with E-state index in [0.717, 1.165) is 30.3 Å². The van der Waals surface area contributed by atoms with Crippen molar-refractivity contribution in [2.75, 3.05) is 25.3 Å². The molecule has 3 unspecified atom stereocenters. The second kappa shape index (κ2) is 13.6. The number of nitrogen functional groups attached to an aromatic ring is 1. The third-order valence-corrected chi connectivity index (χ3v) is 8.65. The molecule has 0 radical (unpaired) electrons. The van der Waals surface area contributed by atoms with Crippen LogP contribution in [-0.2, 0) is 29.3 Å². The maximum absolute atomic E-state index is 13.4. The van der Waals surface area contributed by atoms with Crippen LogP contribution in [0.2, 0.25) is 0 Å². The summed E-state index contributed by atoms with van der Waals surface area (Å²) < 4.78 is 31.4. The second-order valence-electron chi connectivity index (χ2n) is 7.98. The van der Waals surface area contributed by atoms with Gasteiger partial charge in [0.25, 0.3) is 7.52 Å². The average molecular weight is 509 g/mol. The topological polar surface area (TPSA) is 135 Å². The zero-order chi connectivity index (χ0) is 23.6. The molecular weight excluding hydrogens is 475 g/mol. The van der Waals surface area contributed by atoms with E-state index < -0.39 is 25.2 Å². The molecule has 1 aromatic heterocycles. The Morgan fingerprint density at radius 3 is 2.94 bits per heavy atom. The molecule has 1 aliphatic heterocycles. The van der Waals surface area contributed by atoms with Gasteiger partial charge in [-0.3, -0.25) is 18.1 Å². The van der Waals surface area contributed by atoms with Crippen molar-refractivity contribution < 1.29 is 22.8 Å². The average Bonchev–Trinajstić information content (AvgIpc) is 2.72. The van der Waals surface area contributed by atoms with Gasteiger partial charge in [-0.05, 0) is 24.8 Å². The first kappa shape index (κ1) is 27.2. The highest BCUT2D eigenvalue weighted by Crippen LogP contribution is 2.48. The highest BCUT2D eigenvalue weighted by molar-refractivity contribution is 8.75. The molecule has 1 saturated heterocycles. The predicted octanol–water partition coefficient (Wildman–Crippen LogP) is 3.43. The zero-order valence-electron chi connectivity index (χ0n) is 18.7. The van der Waals surface area contributed by atoms with Crippen molar-refractivity contribution in [3.05, 3.63) is 22.7 Å². The lowest BCUT2D eigenvalue weighted by molar-refractivity contribution is -0.146. The fourth-order valence-electron chi connectivity index (χ4n) is 2.94. The van der Waals surface area contributed by atoms with Crippen molar-refractivity contribution in [2.45, 2.75) is 64.3 Å². The molecule has 2 rings (SSSR count). The number of aromatic nitrogens is 2. The van der Waals surface area contributed by atoms with E-state index in [4.69, 9.17) is 19.2 Å². The normalized spacial score (nSPS) is 22.8. The lowest BCUT2D eigenvalue weighted by Crippen LogP contribution is -2.39. The molecule has 3 N–H and O–H groups in total. The fraction of sp³-hybridized carbons (Fsp3) is 0.737. The number of unbranched alkanes of at least 4 members (excludes halogenated alkanes) is 2. The Kier molecular flexibility index (Phi) is 11.6. The second-order valence-corrected chi connectivity index (χ2v) is 12.3. The number of anilines is 1. The highest BCUT2D eigenvalue weighted by Gasteiger charge is 2.35. The molecule has 1 aliphatic rings. The number of rotatable bonds is 11. The van der Waals surface area contributed by atoms with Crippen molar-refractivity contribution in [3.63, 3.8) is 0 Å². The monoisotopic (exact) mass is 508 g/mol. The molecule has 0 amide bonds. The van der Waals surface area contributed by atoms with Gasteiger partial charge in [0.1, 0.15) is 11.9 Å². The summed E-state index contributed by atoms with van der Waals surface area (Å²) in [6.07, 6.45) is 4.63. The Bertz CT molecular complexity index is 840. The van der Waals surface area contributed by atoms with Crippen molar-refractivity contribution in [1.82, 2.24) is 14.6 Å². The van der Waals surface area contributed by atoms with Crippen molar-refractivity contribution in [3.8, 4) is 0 Å². The van der Waals surface area contributed by atoms with E-state index in [1.54, 1.807) is 6.20 Å².